The predicted octanol–water partition coefficient (Wildman–Crippen LogP) is 3.24. The van der Waals surface area contributed by atoms with E-state index in [9.17, 15) is 18.0 Å². The summed E-state index contributed by atoms with van der Waals surface area (Å²) in [5, 5.41) is 0. The molecule has 4 nitrogen and oxygen atoms in total. The van der Waals surface area contributed by atoms with Gasteiger partial charge >= 0.3 is 6.18 Å². The summed E-state index contributed by atoms with van der Waals surface area (Å²) in [4.78, 5) is 13.9. The summed E-state index contributed by atoms with van der Waals surface area (Å²) < 4.78 is 47.1. The zero-order valence-electron chi connectivity index (χ0n) is 14.1. The Hall–Kier alpha value is -1.76. The largest absolute Gasteiger partial charge is 0.484 e. The molecule has 1 amide bonds. The normalized spacial score (nSPS) is 17.8. The maximum atomic E-state index is 12.3. The van der Waals surface area contributed by atoms with Crippen LogP contribution in [0.15, 0.2) is 12.1 Å². The van der Waals surface area contributed by atoms with Gasteiger partial charge in [-0.25, -0.2) is 0 Å². The topological polar surface area (TPSA) is 38.8 Å². The van der Waals surface area contributed by atoms with Gasteiger partial charge in [0.05, 0.1) is 12.5 Å². The van der Waals surface area contributed by atoms with Crippen LogP contribution >= 0.6 is 0 Å². The summed E-state index contributed by atoms with van der Waals surface area (Å²) >= 11 is 0. The summed E-state index contributed by atoms with van der Waals surface area (Å²) in [6.45, 7) is 3.55. The maximum absolute atomic E-state index is 12.3. The second-order valence-corrected chi connectivity index (χ2v) is 6.22. The van der Waals surface area contributed by atoms with E-state index in [-0.39, 0.29) is 17.6 Å². The quantitative estimate of drug-likeness (QED) is 0.822. The van der Waals surface area contributed by atoms with Gasteiger partial charge in [-0.05, 0) is 37.0 Å². The van der Waals surface area contributed by atoms with Crippen molar-refractivity contribution < 1.29 is 27.4 Å². The molecule has 0 spiro atoms. The van der Waals surface area contributed by atoms with Crippen LogP contribution in [0.1, 0.15) is 23.1 Å². The molecule has 1 aromatic carbocycles. The lowest BCUT2D eigenvalue weighted by Crippen LogP contribution is -2.32. The second kappa shape index (κ2) is 7.42. The van der Waals surface area contributed by atoms with E-state index in [2.05, 4.69) is 0 Å². The predicted molar refractivity (Wildman–Crippen MR) is 82.9 cm³/mol. The molecule has 0 bridgehead atoms. The molecule has 1 heterocycles. The number of hydrogen-bond acceptors (Lipinski definition) is 3. The smallest absolute Gasteiger partial charge is 0.422 e. The zero-order chi connectivity index (χ0) is 17.9. The zero-order valence-corrected chi connectivity index (χ0v) is 14.1. The Morgan fingerprint density at radius 1 is 1.33 bits per heavy atom. The van der Waals surface area contributed by atoms with Crippen molar-refractivity contribution in [1.82, 2.24) is 4.90 Å². The summed E-state index contributed by atoms with van der Waals surface area (Å²) in [5.41, 5.74) is 2.11. The Kier molecular flexibility index (Phi) is 5.74. The summed E-state index contributed by atoms with van der Waals surface area (Å²) in [5.74, 6) is 0.168. The van der Waals surface area contributed by atoms with E-state index < -0.39 is 12.8 Å². The number of rotatable bonds is 5. The van der Waals surface area contributed by atoms with Crippen molar-refractivity contribution in [2.45, 2.75) is 33.0 Å². The SMILES string of the molecule is Cc1cc(CN(C)C(=O)C2CCOC2)cc(C)c1OCC(F)(F)F. The molecule has 1 atom stereocenters. The molecule has 1 fully saturated rings. The van der Waals surface area contributed by atoms with E-state index in [0.29, 0.717) is 30.9 Å². The Bertz CT molecular complexity index is 572. The van der Waals surface area contributed by atoms with Gasteiger partial charge in [0.1, 0.15) is 5.75 Å². The average molecular weight is 345 g/mol. The number of aryl methyl sites for hydroxylation is 2. The number of carbonyl (C=O) groups excluding carboxylic acids is 1. The molecule has 24 heavy (non-hydrogen) atoms. The third-order valence-electron chi connectivity index (χ3n) is 3.98. The van der Waals surface area contributed by atoms with Crippen LogP contribution in [0.3, 0.4) is 0 Å². The Labute approximate surface area is 139 Å². The summed E-state index contributed by atoms with van der Waals surface area (Å²) in [7, 11) is 1.72. The first-order chi connectivity index (χ1) is 11.2. The number of alkyl halides is 3. The molecular weight excluding hydrogens is 323 g/mol. The molecule has 1 aliphatic rings. The van der Waals surface area contributed by atoms with Crippen molar-refractivity contribution in [3.8, 4) is 5.75 Å². The third kappa shape index (κ3) is 4.87. The van der Waals surface area contributed by atoms with Crippen LogP contribution in [0, 0.1) is 19.8 Å². The van der Waals surface area contributed by atoms with E-state index in [1.807, 2.05) is 0 Å². The molecule has 0 aromatic heterocycles. The fraction of sp³-hybridized carbons (Fsp3) is 0.588. The van der Waals surface area contributed by atoms with Gasteiger partial charge in [0.25, 0.3) is 0 Å². The van der Waals surface area contributed by atoms with Gasteiger partial charge < -0.3 is 14.4 Å². The van der Waals surface area contributed by atoms with Crippen LogP contribution in [-0.2, 0) is 16.1 Å². The molecule has 1 aliphatic heterocycles. The lowest BCUT2D eigenvalue weighted by molar-refractivity contribution is -0.153. The minimum absolute atomic E-state index is 0.0280. The first kappa shape index (κ1) is 18.6. The van der Waals surface area contributed by atoms with Crippen molar-refractivity contribution >= 4 is 5.91 Å². The van der Waals surface area contributed by atoms with E-state index in [0.717, 1.165) is 12.0 Å². The molecule has 0 saturated carbocycles. The summed E-state index contributed by atoms with van der Waals surface area (Å²) in [6, 6.07) is 3.52. The number of hydrogen-bond donors (Lipinski definition) is 0. The van der Waals surface area contributed by atoms with Crippen LogP contribution in [0.25, 0.3) is 0 Å². The highest BCUT2D eigenvalue weighted by atomic mass is 19.4. The fourth-order valence-electron chi connectivity index (χ4n) is 2.91. The third-order valence-corrected chi connectivity index (χ3v) is 3.98. The van der Waals surface area contributed by atoms with Gasteiger partial charge in [-0.1, -0.05) is 12.1 Å². The minimum Gasteiger partial charge on any atom is -0.484 e. The molecule has 0 radical (unpaired) electrons. The molecule has 1 aromatic rings. The first-order valence-corrected chi connectivity index (χ1v) is 7.80. The molecular formula is C17H22F3NO3. The summed E-state index contributed by atoms with van der Waals surface area (Å²) in [6.07, 6.45) is -3.64. The van der Waals surface area contributed by atoms with Gasteiger partial charge in [-0.15, -0.1) is 0 Å². The van der Waals surface area contributed by atoms with Crippen molar-refractivity contribution in [2.24, 2.45) is 5.92 Å². The van der Waals surface area contributed by atoms with Gasteiger partial charge in [-0.3, -0.25) is 4.79 Å². The highest BCUT2D eigenvalue weighted by molar-refractivity contribution is 5.79. The molecule has 134 valence electrons. The molecule has 0 N–H and O–H groups in total. The number of amides is 1. The molecule has 2 rings (SSSR count). The van der Waals surface area contributed by atoms with Crippen molar-refractivity contribution in [2.75, 3.05) is 26.9 Å². The van der Waals surface area contributed by atoms with Crippen molar-refractivity contribution in [1.29, 1.82) is 0 Å². The van der Waals surface area contributed by atoms with Gasteiger partial charge in [-0.2, -0.15) is 13.2 Å². The number of ether oxygens (including phenoxy) is 2. The number of halogens is 3. The standard InChI is InChI=1S/C17H22F3NO3/c1-11-6-13(7-12(2)15(11)24-10-17(18,19)20)8-21(3)16(22)14-4-5-23-9-14/h6-7,14H,4-5,8-10H2,1-3H3. The first-order valence-electron chi connectivity index (χ1n) is 7.80. The number of carbonyl (C=O) groups is 1. The molecule has 1 saturated heterocycles. The lowest BCUT2D eigenvalue weighted by atomic mass is 10.0. The van der Waals surface area contributed by atoms with Crippen molar-refractivity contribution in [3.05, 3.63) is 28.8 Å². The van der Waals surface area contributed by atoms with Gasteiger partial charge in [0, 0.05) is 20.2 Å². The van der Waals surface area contributed by atoms with E-state index in [4.69, 9.17) is 9.47 Å². The monoisotopic (exact) mass is 345 g/mol. The highest BCUT2D eigenvalue weighted by Crippen LogP contribution is 2.28. The number of nitrogens with zero attached hydrogens (tertiary/aromatic N) is 1. The van der Waals surface area contributed by atoms with E-state index in [1.165, 1.54) is 0 Å². The maximum Gasteiger partial charge on any atom is 0.422 e. The highest BCUT2D eigenvalue weighted by Gasteiger charge is 2.29. The number of benzene rings is 1. The average Bonchev–Trinajstić information content (AvgIpc) is 2.98. The lowest BCUT2D eigenvalue weighted by Gasteiger charge is -2.22. The van der Waals surface area contributed by atoms with E-state index >= 15 is 0 Å². The van der Waals surface area contributed by atoms with Crippen LogP contribution in [0.4, 0.5) is 13.2 Å². The molecule has 1 unspecified atom stereocenters. The van der Waals surface area contributed by atoms with Gasteiger partial charge in [0.2, 0.25) is 5.91 Å². The molecule has 7 heteroatoms. The Balaban J connectivity index is 2.05. The fourth-order valence-corrected chi connectivity index (χ4v) is 2.91. The van der Waals surface area contributed by atoms with Crippen molar-refractivity contribution in [3.63, 3.8) is 0 Å². The van der Waals surface area contributed by atoms with Gasteiger partial charge in [0.15, 0.2) is 6.61 Å². The van der Waals surface area contributed by atoms with E-state index in [1.54, 1.807) is 37.9 Å². The Morgan fingerprint density at radius 3 is 2.46 bits per heavy atom. The van der Waals surface area contributed by atoms with Crippen LogP contribution in [0.2, 0.25) is 0 Å². The van der Waals surface area contributed by atoms with Crippen LogP contribution in [-0.4, -0.2) is 43.9 Å². The second-order valence-electron chi connectivity index (χ2n) is 6.22. The van der Waals surface area contributed by atoms with Crippen LogP contribution in [0.5, 0.6) is 5.75 Å². The molecule has 0 aliphatic carbocycles. The Morgan fingerprint density at radius 2 is 1.96 bits per heavy atom. The minimum atomic E-state index is -4.37. The van der Waals surface area contributed by atoms with Crippen LogP contribution < -0.4 is 4.74 Å².